The Balaban J connectivity index is 2.40. The summed E-state index contributed by atoms with van der Waals surface area (Å²) < 4.78 is 0. The van der Waals surface area contributed by atoms with Gasteiger partial charge in [-0.05, 0) is 11.6 Å². The maximum absolute atomic E-state index is 4.02. The van der Waals surface area contributed by atoms with E-state index >= 15 is 0 Å². The first-order valence-electron chi connectivity index (χ1n) is 3.92. The van der Waals surface area contributed by atoms with E-state index in [-0.39, 0.29) is 0 Å². The van der Waals surface area contributed by atoms with Crippen molar-refractivity contribution in [1.82, 2.24) is 0 Å². The third-order valence-electron chi connectivity index (χ3n) is 1.77. The van der Waals surface area contributed by atoms with Crippen molar-refractivity contribution in [2.24, 2.45) is 4.99 Å². The molecule has 12 heavy (non-hydrogen) atoms. The van der Waals surface area contributed by atoms with Gasteiger partial charge in [-0.2, -0.15) is 0 Å². The molecule has 1 heterocycles. The molecule has 0 spiro atoms. The number of hydrogen-bond acceptors (Lipinski definition) is 1. The Morgan fingerprint density at radius 3 is 2.08 bits per heavy atom. The number of allylic oxidation sites excluding steroid dienone is 9. The highest BCUT2D eigenvalue weighted by Gasteiger charge is 1.98. The van der Waals surface area contributed by atoms with Gasteiger partial charge in [-0.15, -0.1) is 0 Å². The second kappa shape index (κ2) is 3.18. The molecule has 1 aliphatic heterocycles. The quantitative estimate of drug-likeness (QED) is 0.509. The minimum Gasteiger partial charge on any atom is -0.264 e. The van der Waals surface area contributed by atoms with Crippen LogP contribution in [0.3, 0.4) is 0 Å². The lowest BCUT2D eigenvalue weighted by molar-refractivity contribution is 1.64. The predicted molar refractivity (Wildman–Crippen MR) is 52.1 cm³/mol. The smallest absolute Gasteiger partial charge is 0.0346 e. The first kappa shape index (κ1) is 7.04. The number of hydrogen-bond donors (Lipinski definition) is 0. The summed E-state index contributed by atoms with van der Waals surface area (Å²) in [5.41, 5.74) is 2.38. The molecule has 0 saturated carbocycles. The van der Waals surface area contributed by atoms with E-state index in [0.29, 0.717) is 0 Å². The summed E-state index contributed by atoms with van der Waals surface area (Å²) in [6.45, 7) is 0. The number of aliphatic imine (C=N–C) groups is 1. The van der Waals surface area contributed by atoms with Gasteiger partial charge in [0.05, 0.1) is 0 Å². The SMILES string of the molecule is C1=CC=CC(=C2C=CN=C2)C=C1. The van der Waals surface area contributed by atoms with Crippen LogP contribution in [0, 0.1) is 0 Å². The van der Waals surface area contributed by atoms with Crippen LogP contribution in [0.25, 0.3) is 0 Å². The molecular weight excluding hydrogens is 146 g/mol. The summed E-state index contributed by atoms with van der Waals surface area (Å²) >= 11 is 0. The van der Waals surface area contributed by atoms with Gasteiger partial charge in [0.1, 0.15) is 0 Å². The van der Waals surface area contributed by atoms with Gasteiger partial charge in [-0.25, -0.2) is 0 Å². The van der Waals surface area contributed by atoms with E-state index in [0.717, 1.165) is 0 Å². The van der Waals surface area contributed by atoms with E-state index in [1.165, 1.54) is 11.1 Å². The second-order valence-electron chi connectivity index (χ2n) is 2.61. The van der Waals surface area contributed by atoms with E-state index in [4.69, 9.17) is 0 Å². The third-order valence-corrected chi connectivity index (χ3v) is 1.77. The molecule has 1 nitrogen and oxygen atoms in total. The molecule has 0 bridgehead atoms. The maximum atomic E-state index is 4.02. The summed E-state index contributed by atoms with van der Waals surface area (Å²) in [7, 11) is 0. The van der Waals surface area contributed by atoms with Gasteiger partial charge in [0.2, 0.25) is 0 Å². The van der Waals surface area contributed by atoms with Gasteiger partial charge < -0.3 is 0 Å². The van der Waals surface area contributed by atoms with Crippen molar-refractivity contribution >= 4 is 6.21 Å². The van der Waals surface area contributed by atoms with Gasteiger partial charge in [0, 0.05) is 18.0 Å². The van der Waals surface area contributed by atoms with Crippen LogP contribution in [0.5, 0.6) is 0 Å². The van der Waals surface area contributed by atoms with Crippen molar-refractivity contribution in [3.63, 3.8) is 0 Å². The Labute approximate surface area is 71.8 Å². The van der Waals surface area contributed by atoms with Crippen molar-refractivity contribution in [3.8, 4) is 0 Å². The topological polar surface area (TPSA) is 12.4 Å². The van der Waals surface area contributed by atoms with E-state index in [9.17, 15) is 0 Å². The van der Waals surface area contributed by atoms with Crippen LogP contribution in [-0.2, 0) is 0 Å². The van der Waals surface area contributed by atoms with E-state index in [1.807, 2.05) is 42.8 Å². The zero-order valence-corrected chi connectivity index (χ0v) is 6.64. The van der Waals surface area contributed by atoms with Gasteiger partial charge in [-0.3, -0.25) is 4.99 Å². The van der Waals surface area contributed by atoms with E-state index in [1.54, 1.807) is 0 Å². The molecule has 2 rings (SSSR count). The van der Waals surface area contributed by atoms with Crippen LogP contribution >= 0.6 is 0 Å². The van der Waals surface area contributed by atoms with Crippen molar-refractivity contribution in [2.75, 3.05) is 0 Å². The Morgan fingerprint density at radius 2 is 1.50 bits per heavy atom. The fourth-order valence-corrected chi connectivity index (χ4v) is 1.16. The molecule has 0 unspecified atom stereocenters. The minimum absolute atomic E-state index is 1.17. The zero-order valence-electron chi connectivity index (χ0n) is 6.64. The van der Waals surface area contributed by atoms with Crippen LogP contribution in [0.1, 0.15) is 0 Å². The van der Waals surface area contributed by atoms with Crippen LogP contribution < -0.4 is 0 Å². The Bertz CT molecular complexity index is 317. The second-order valence-corrected chi connectivity index (χ2v) is 2.61. The summed E-state index contributed by atoms with van der Waals surface area (Å²) in [6, 6.07) is 0. The summed E-state index contributed by atoms with van der Waals surface area (Å²) in [5, 5.41) is 0. The van der Waals surface area contributed by atoms with Crippen molar-refractivity contribution < 1.29 is 0 Å². The molecule has 0 saturated heterocycles. The maximum Gasteiger partial charge on any atom is 0.0346 e. The number of nitrogens with zero attached hydrogens (tertiary/aromatic N) is 1. The molecule has 0 atom stereocenters. The first-order chi connectivity index (χ1) is 5.97. The lowest BCUT2D eigenvalue weighted by Crippen LogP contribution is -1.81. The summed E-state index contributed by atoms with van der Waals surface area (Å²) in [5.74, 6) is 0. The monoisotopic (exact) mass is 155 g/mol. The van der Waals surface area contributed by atoms with Crippen LogP contribution in [0.15, 0.2) is 64.9 Å². The predicted octanol–water partition coefficient (Wildman–Crippen LogP) is 2.56. The van der Waals surface area contributed by atoms with Crippen molar-refractivity contribution in [1.29, 1.82) is 0 Å². The molecule has 0 aromatic heterocycles. The minimum atomic E-state index is 1.17. The van der Waals surface area contributed by atoms with Gasteiger partial charge in [0.25, 0.3) is 0 Å². The number of rotatable bonds is 0. The standard InChI is InChI=1S/C11H9N/c1-2-4-6-10(5-3-1)11-7-8-12-9-11/h1-9H. The van der Waals surface area contributed by atoms with E-state index in [2.05, 4.69) is 17.1 Å². The normalized spacial score (nSPS) is 19.3. The molecule has 0 aromatic rings. The average molecular weight is 155 g/mol. The molecule has 0 fully saturated rings. The van der Waals surface area contributed by atoms with Crippen LogP contribution in [-0.4, -0.2) is 6.21 Å². The molecule has 0 N–H and O–H groups in total. The summed E-state index contributed by atoms with van der Waals surface area (Å²) in [4.78, 5) is 4.02. The Hall–Kier alpha value is -1.63. The van der Waals surface area contributed by atoms with Gasteiger partial charge in [0.15, 0.2) is 0 Å². The third kappa shape index (κ3) is 1.35. The lowest BCUT2D eigenvalue weighted by atomic mass is 10.1. The van der Waals surface area contributed by atoms with Gasteiger partial charge >= 0.3 is 0 Å². The summed E-state index contributed by atoms with van der Waals surface area (Å²) in [6.07, 6.45) is 17.9. The van der Waals surface area contributed by atoms with Crippen molar-refractivity contribution in [2.45, 2.75) is 0 Å². The highest BCUT2D eigenvalue weighted by atomic mass is 14.7. The van der Waals surface area contributed by atoms with Gasteiger partial charge in [-0.1, -0.05) is 36.5 Å². The largest absolute Gasteiger partial charge is 0.264 e. The first-order valence-corrected chi connectivity index (χ1v) is 3.92. The fraction of sp³-hybridized carbons (Fsp3) is 0. The average Bonchev–Trinajstić information content (AvgIpc) is 2.48. The highest BCUT2D eigenvalue weighted by Crippen LogP contribution is 2.13. The molecule has 2 aliphatic rings. The van der Waals surface area contributed by atoms with E-state index < -0.39 is 0 Å². The highest BCUT2D eigenvalue weighted by molar-refractivity contribution is 5.88. The molecule has 1 heteroatoms. The Morgan fingerprint density at radius 1 is 0.750 bits per heavy atom. The molecule has 58 valence electrons. The zero-order chi connectivity index (χ0) is 8.23. The fourth-order valence-electron chi connectivity index (χ4n) is 1.16. The molecule has 1 aliphatic carbocycles. The molecular formula is C11H9N. The van der Waals surface area contributed by atoms with Crippen molar-refractivity contribution in [3.05, 3.63) is 59.9 Å². The molecule has 0 aromatic carbocycles. The Kier molecular flexibility index (Phi) is 1.87. The molecule has 0 radical (unpaired) electrons. The lowest BCUT2D eigenvalue weighted by Gasteiger charge is -1.94. The van der Waals surface area contributed by atoms with Crippen LogP contribution in [0.2, 0.25) is 0 Å². The van der Waals surface area contributed by atoms with Crippen LogP contribution in [0.4, 0.5) is 0 Å². The molecule has 0 amide bonds.